The first-order valence-corrected chi connectivity index (χ1v) is 6.94. The molecule has 0 atom stereocenters. The molecule has 2 aromatic carbocycles. The summed E-state index contributed by atoms with van der Waals surface area (Å²) in [6.07, 6.45) is -0.620. The number of likely N-dealkylation sites (N-methyl/N-ethyl adjacent to an activating group) is 1. The van der Waals surface area contributed by atoms with Gasteiger partial charge in [0.1, 0.15) is 6.61 Å². The van der Waals surface area contributed by atoms with Crippen LogP contribution in [0.2, 0.25) is 0 Å². The van der Waals surface area contributed by atoms with Crippen molar-refractivity contribution in [2.24, 2.45) is 0 Å². The number of ketones is 1. The van der Waals surface area contributed by atoms with E-state index in [0.717, 1.165) is 16.5 Å². The fraction of sp³-hybridized carbons (Fsp3) is 0.176. The summed E-state index contributed by atoms with van der Waals surface area (Å²) in [7, 11) is 1.45. The van der Waals surface area contributed by atoms with E-state index < -0.39 is 6.09 Å². The fourth-order valence-electron chi connectivity index (χ4n) is 1.90. The highest BCUT2D eigenvalue weighted by atomic mass is 16.6. The summed E-state index contributed by atoms with van der Waals surface area (Å²) in [6, 6.07) is 13.0. The fourth-order valence-corrected chi connectivity index (χ4v) is 1.90. The number of ether oxygens (including phenoxy) is 1. The average molecular weight is 315 g/mol. The molecule has 0 aliphatic heterocycles. The van der Waals surface area contributed by atoms with Crippen LogP contribution in [-0.2, 0) is 11.3 Å². The number of hydrogen-bond acceptors (Lipinski definition) is 5. The summed E-state index contributed by atoms with van der Waals surface area (Å²) in [4.78, 5) is 25.1. The van der Waals surface area contributed by atoms with Gasteiger partial charge in [0.25, 0.3) is 0 Å². The Balaban J connectivity index is 1.89. The van der Waals surface area contributed by atoms with Crippen LogP contribution in [0.5, 0.6) is 11.5 Å². The van der Waals surface area contributed by atoms with Gasteiger partial charge < -0.3 is 19.8 Å². The third-order valence-electron chi connectivity index (χ3n) is 3.19. The lowest BCUT2D eigenvalue weighted by atomic mass is 10.1. The summed E-state index contributed by atoms with van der Waals surface area (Å²) in [5.41, 5.74) is 1.05. The quantitative estimate of drug-likeness (QED) is 0.654. The van der Waals surface area contributed by atoms with Gasteiger partial charge in [-0.25, -0.2) is 4.79 Å². The molecule has 0 aliphatic carbocycles. The maximum atomic E-state index is 12.1. The summed E-state index contributed by atoms with van der Waals surface area (Å²) in [5, 5.41) is 18.6. The lowest BCUT2D eigenvalue weighted by Crippen LogP contribution is -2.32. The highest BCUT2D eigenvalue weighted by Crippen LogP contribution is 2.25. The Hall–Kier alpha value is -3.02. The van der Waals surface area contributed by atoms with E-state index in [9.17, 15) is 19.8 Å². The summed E-state index contributed by atoms with van der Waals surface area (Å²) >= 11 is 0. The number of carbonyl (C=O) groups is 2. The highest BCUT2D eigenvalue weighted by Gasteiger charge is 2.16. The van der Waals surface area contributed by atoms with Crippen molar-refractivity contribution in [3.8, 4) is 11.5 Å². The Morgan fingerprint density at radius 1 is 1.04 bits per heavy atom. The Kier molecular flexibility index (Phi) is 5.19. The van der Waals surface area contributed by atoms with Crippen LogP contribution < -0.4 is 0 Å². The van der Waals surface area contributed by atoms with Crippen LogP contribution in [0.25, 0.3) is 0 Å². The van der Waals surface area contributed by atoms with Gasteiger partial charge in [-0.2, -0.15) is 0 Å². The topological polar surface area (TPSA) is 87.1 Å². The van der Waals surface area contributed by atoms with Crippen molar-refractivity contribution in [3.63, 3.8) is 0 Å². The van der Waals surface area contributed by atoms with E-state index >= 15 is 0 Å². The molecule has 0 saturated carbocycles. The van der Waals surface area contributed by atoms with E-state index in [1.807, 2.05) is 30.3 Å². The van der Waals surface area contributed by atoms with Gasteiger partial charge in [-0.05, 0) is 23.8 Å². The molecule has 0 unspecified atom stereocenters. The van der Waals surface area contributed by atoms with E-state index in [2.05, 4.69) is 0 Å². The predicted molar refractivity (Wildman–Crippen MR) is 83.4 cm³/mol. The van der Waals surface area contributed by atoms with Gasteiger partial charge in [0.15, 0.2) is 17.3 Å². The van der Waals surface area contributed by atoms with Gasteiger partial charge in [-0.15, -0.1) is 0 Å². The van der Waals surface area contributed by atoms with Crippen molar-refractivity contribution in [2.75, 3.05) is 13.6 Å². The molecule has 2 aromatic rings. The SMILES string of the molecule is CN(CC(=O)c1ccc(O)c(O)c1)C(=O)OCc1ccccc1. The third-order valence-corrected chi connectivity index (χ3v) is 3.19. The Bertz CT molecular complexity index is 699. The van der Waals surface area contributed by atoms with E-state index in [0.29, 0.717) is 0 Å². The lowest BCUT2D eigenvalue weighted by Gasteiger charge is -2.16. The zero-order chi connectivity index (χ0) is 16.8. The van der Waals surface area contributed by atoms with E-state index in [1.54, 1.807) is 0 Å². The summed E-state index contributed by atoms with van der Waals surface area (Å²) in [6.45, 7) is -0.0734. The van der Waals surface area contributed by atoms with Gasteiger partial charge >= 0.3 is 6.09 Å². The number of carbonyl (C=O) groups excluding carboxylic acids is 2. The molecule has 23 heavy (non-hydrogen) atoms. The molecular formula is C17H17NO5. The van der Waals surface area contributed by atoms with Crippen LogP contribution in [0, 0.1) is 0 Å². The molecule has 2 N–H and O–H groups in total. The van der Waals surface area contributed by atoms with Gasteiger partial charge in [0.2, 0.25) is 0 Å². The minimum atomic E-state index is -0.620. The standard InChI is InChI=1S/C17H17NO5/c1-18(17(22)23-11-12-5-3-2-4-6-12)10-16(21)13-7-8-14(19)15(20)9-13/h2-9,19-20H,10-11H2,1H3. The van der Waals surface area contributed by atoms with E-state index in [4.69, 9.17) is 4.74 Å². The van der Waals surface area contributed by atoms with Crippen LogP contribution in [-0.4, -0.2) is 40.6 Å². The number of aromatic hydroxyl groups is 2. The van der Waals surface area contributed by atoms with Gasteiger partial charge in [0, 0.05) is 12.6 Å². The number of rotatable bonds is 5. The van der Waals surface area contributed by atoms with Crippen molar-refractivity contribution >= 4 is 11.9 Å². The minimum Gasteiger partial charge on any atom is -0.504 e. The molecule has 2 rings (SSSR count). The van der Waals surface area contributed by atoms with Crippen LogP contribution in [0.3, 0.4) is 0 Å². The predicted octanol–water partition coefficient (Wildman–Crippen LogP) is 2.55. The Morgan fingerprint density at radius 3 is 2.39 bits per heavy atom. The smallest absolute Gasteiger partial charge is 0.410 e. The molecule has 0 spiro atoms. The van der Waals surface area contributed by atoms with Gasteiger partial charge in [0.05, 0.1) is 6.54 Å². The molecule has 0 aliphatic rings. The monoisotopic (exact) mass is 315 g/mol. The maximum absolute atomic E-state index is 12.1. The molecular weight excluding hydrogens is 298 g/mol. The average Bonchev–Trinajstić information content (AvgIpc) is 2.55. The van der Waals surface area contributed by atoms with Crippen LogP contribution >= 0.6 is 0 Å². The molecule has 0 saturated heterocycles. The second-order valence-electron chi connectivity index (χ2n) is 5.02. The lowest BCUT2D eigenvalue weighted by molar-refractivity contribution is 0.0850. The van der Waals surface area contributed by atoms with Crippen LogP contribution in [0.1, 0.15) is 15.9 Å². The third kappa shape index (κ3) is 4.47. The van der Waals surface area contributed by atoms with Crippen molar-refractivity contribution < 1.29 is 24.5 Å². The van der Waals surface area contributed by atoms with Crippen molar-refractivity contribution in [3.05, 3.63) is 59.7 Å². The largest absolute Gasteiger partial charge is 0.504 e. The number of phenolic OH excluding ortho intramolecular Hbond substituents is 2. The molecule has 0 radical (unpaired) electrons. The molecule has 6 nitrogen and oxygen atoms in total. The molecule has 6 heteroatoms. The molecule has 1 amide bonds. The first-order chi connectivity index (χ1) is 11.0. The van der Waals surface area contributed by atoms with Crippen LogP contribution in [0.4, 0.5) is 4.79 Å². The minimum absolute atomic E-state index is 0.123. The maximum Gasteiger partial charge on any atom is 0.410 e. The molecule has 0 bridgehead atoms. The molecule has 0 fully saturated rings. The van der Waals surface area contributed by atoms with Crippen molar-refractivity contribution in [2.45, 2.75) is 6.61 Å². The highest BCUT2D eigenvalue weighted by molar-refractivity contribution is 5.99. The number of Topliss-reactive ketones (excluding diaryl/α,β-unsaturated/α-hetero) is 1. The van der Waals surface area contributed by atoms with E-state index in [1.165, 1.54) is 19.2 Å². The van der Waals surface area contributed by atoms with Crippen LogP contribution in [0.15, 0.2) is 48.5 Å². The van der Waals surface area contributed by atoms with E-state index in [-0.39, 0.29) is 36.0 Å². The number of amides is 1. The number of nitrogens with zero attached hydrogens (tertiary/aromatic N) is 1. The zero-order valence-corrected chi connectivity index (χ0v) is 12.6. The second-order valence-corrected chi connectivity index (χ2v) is 5.02. The molecule has 0 aromatic heterocycles. The van der Waals surface area contributed by atoms with Gasteiger partial charge in [-0.3, -0.25) is 4.79 Å². The first-order valence-electron chi connectivity index (χ1n) is 6.94. The van der Waals surface area contributed by atoms with Crippen molar-refractivity contribution in [1.29, 1.82) is 0 Å². The second kappa shape index (κ2) is 7.31. The zero-order valence-electron chi connectivity index (χ0n) is 12.6. The number of benzene rings is 2. The normalized spacial score (nSPS) is 10.1. The Labute approximate surface area is 133 Å². The van der Waals surface area contributed by atoms with Crippen molar-refractivity contribution in [1.82, 2.24) is 4.90 Å². The number of phenols is 2. The van der Waals surface area contributed by atoms with Gasteiger partial charge in [-0.1, -0.05) is 30.3 Å². The summed E-state index contributed by atoms with van der Waals surface area (Å²) in [5.74, 6) is -1.07. The summed E-state index contributed by atoms with van der Waals surface area (Å²) < 4.78 is 5.11. The first kappa shape index (κ1) is 16.4. The molecule has 0 heterocycles. The molecule has 120 valence electrons. The number of hydrogen-bond donors (Lipinski definition) is 2. The Morgan fingerprint density at radius 2 is 1.74 bits per heavy atom.